The number of nitrogens with one attached hydrogen (secondary N) is 1. The molecule has 2 aliphatic heterocycles. The van der Waals surface area contributed by atoms with Crippen LogP contribution in [0.25, 0.3) is 0 Å². The molecule has 3 nitrogen and oxygen atoms in total. The Morgan fingerprint density at radius 2 is 2.06 bits per heavy atom. The SMILES string of the molecule is CC(NC1CCN2CCC1C2)c1ccncc1. The lowest BCUT2D eigenvalue weighted by Gasteiger charge is -2.33. The van der Waals surface area contributed by atoms with Crippen LogP contribution >= 0.6 is 0 Å². The molecule has 2 aliphatic rings. The summed E-state index contributed by atoms with van der Waals surface area (Å²) in [6.07, 6.45) is 6.44. The van der Waals surface area contributed by atoms with Gasteiger partial charge in [0, 0.05) is 31.0 Å². The van der Waals surface area contributed by atoms with Crippen LogP contribution < -0.4 is 5.32 Å². The van der Waals surface area contributed by atoms with Gasteiger partial charge in [-0.25, -0.2) is 0 Å². The Morgan fingerprint density at radius 1 is 1.29 bits per heavy atom. The number of fused-ring (bicyclic) bond motifs is 2. The normalized spacial score (nSPS) is 33.6. The van der Waals surface area contributed by atoms with Gasteiger partial charge in [-0.3, -0.25) is 4.98 Å². The molecule has 0 amide bonds. The fourth-order valence-electron chi connectivity index (χ4n) is 3.24. The second-order valence-corrected chi connectivity index (χ2v) is 5.41. The van der Waals surface area contributed by atoms with E-state index in [1.165, 1.54) is 38.0 Å². The first kappa shape index (κ1) is 11.2. The second kappa shape index (κ2) is 4.75. The minimum absolute atomic E-state index is 0.440. The summed E-state index contributed by atoms with van der Waals surface area (Å²) in [7, 11) is 0. The molecule has 0 spiro atoms. The minimum atomic E-state index is 0.440. The number of hydrogen-bond donors (Lipinski definition) is 1. The number of rotatable bonds is 3. The Labute approximate surface area is 103 Å². The Morgan fingerprint density at radius 3 is 2.88 bits per heavy atom. The first-order valence-electron chi connectivity index (χ1n) is 6.71. The smallest absolute Gasteiger partial charge is 0.0295 e. The van der Waals surface area contributed by atoms with Crippen molar-refractivity contribution in [3.05, 3.63) is 30.1 Å². The van der Waals surface area contributed by atoms with Gasteiger partial charge < -0.3 is 10.2 Å². The highest BCUT2D eigenvalue weighted by Crippen LogP contribution is 2.28. The van der Waals surface area contributed by atoms with E-state index in [0.29, 0.717) is 12.1 Å². The lowest BCUT2D eigenvalue weighted by Crippen LogP contribution is -2.44. The number of hydrogen-bond acceptors (Lipinski definition) is 3. The Bertz CT molecular complexity index is 365. The van der Waals surface area contributed by atoms with E-state index >= 15 is 0 Å². The third kappa shape index (κ3) is 2.35. The van der Waals surface area contributed by atoms with Crippen molar-refractivity contribution in [3.8, 4) is 0 Å². The van der Waals surface area contributed by atoms with Crippen LogP contribution in [0.5, 0.6) is 0 Å². The van der Waals surface area contributed by atoms with Gasteiger partial charge in [0.2, 0.25) is 0 Å². The maximum atomic E-state index is 4.08. The van der Waals surface area contributed by atoms with E-state index in [4.69, 9.17) is 0 Å². The predicted octanol–water partition coefficient (Wildman–Crippen LogP) is 1.83. The maximum absolute atomic E-state index is 4.08. The molecule has 0 radical (unpaired) electrons. The topological polar surface area (TPSA) is 28.2 Å². The molecule has 1 aromatic heterocycles. The van der Waals surface area contributed by atoms with Crippen LogP contribution in [0, 0.1) is 5.92 Å². The van der Waals surface area contributed by atoms with Crippen molar-refractivity contribution in [2.24, 2.45) is 5.92 Å². The first-order valence-corrected chi connectivity index (χ1v) is 6.71. The maximum Gasteiger partial charge on any atom is 0.0295 e. The molecule has 2 bridgehead atoms. The monoisotopic (exact) mass is 231 g/mol. The predicted molar refractivity (Wildman–Crippen MR) is 68.7 cm³/mol. The highest BCUT2D eigenvalue weighted by atomic mass is 15.2. The van der Waals surface area contributed by atoms with E-state index in [-0.39, 0.29) is 0 Å². The molecule has 17 heavy (non-hydrogen) atoms. The Kier molecular flexibility index (Phi) is 3.12. The molecule has 0 saturated carbocycles. The quantitative estimate of drug-likeness (QED) is 0.860. The van der Waals surface area contributed by atoms with Gasteiger partial charge in [-0.2, -0.15) is 0 Å². The van der Waals surface area contributed by atoms with E-state index in [9.17, 15) is 0 Å². The van der Waals surface area contributed by atoms with E-state index in [1.807, 2.05) is 12.4 Å². The third-order valence-electron chi connectivity index (χ3n) is 4.30. The molecular weight excluding hydrogens is 210 g/mol. The number of aromatic nitrogens is 1. The van der Waals surface area contributed by atoms with E-state index < -0.39 is 0 Å². The standard InChI is InChI=1S/C14H21N3/c1-11(12-2-6-15-7-3-12)16-14-5-9-17-8-4-13(14)10-17/h2-3,6-7,11,13-14,16H,4-5,8-10H2,1H3. The Balaban J connectivity index is 1.63. The summed E-state index contributed by atoms with van der Waals surface area (Å²) in [5, 5.41) is 3.81. The average molecular weight is 231 g/mol. The molecular formula is C14H21N3. The molecule has 3 heteroatoms. The highest BCUT2D eigenvalue weighted by Gasteiger charge is 2.34. The molecule has 2 saturated heterocycles. The van der Waals surface area contributed by atoms with Gasteiger partial charge in [-0.1, -0.05) is 0 Å². The Hall–Kier alpha value is -0.930. The first-order chi connectivity index (χ1) is 8.33. The summed E-state index contributed by atoms with van der Waals surface area (Å²) >= 11 is 0. The van der Waals surface area contributed by atoms with Gasteiger partial charge in [-0.15, -0.1) is 0 Å². The lowest BCUT2D eigenvalue weighted by molar-refractivity contribution is 0.212. The zero-order valence-electron chi connectivity index (χ0n) is 10.5. The summed E-state index contributed by atoms with van der Waals surface area (Å²) in [5.41, 5.74) is 1.35. The van der Waals surface area contributed by atoms with Crippen molar-refractivity contribution in [1.82, 2.24) is 15.2 Å². The largest absolute Gasteiger partial charge is 0.307 e. The van der Waals surface area contributed by atoms with Gasteiger partial charge in [0.1, 0.15) is 0 Å². The van der Waals surface area contributed by atoms with Gasteiger partial charge in [0.25, 0.3) is 0 Å². The molecule has 3 heterocycles. The van der Waals surface area contributed by atoms with Crippen LogP contribution in [0.15, 0.2) is 24.5 Å². The second-order valence-electron chi connectivity index (χ2n) is 5.41. The van der Waals surface area contributed by atoms with Gasteiger partial charge in [0.15, 0.2) is 0 Å². The molecule has 4 unspecified atom stereocenters. The molecule has 0 aliphatic carbocycles. The lowest BCUT2D eigenvalue weighted by atomic mass is 9.93. The molecule has 1 N–H and O–H groups in total. The fourth-order valence-corrected chi connectivity index (χ4v) is 3.24. The zero-order chi connectivity index (χ0) is 11.7. The van der Waals surface area contributed by atoms with Gasteiger partial charge in [-0.05, 0) is 56.5 Å². The van der Waals surface area contributed by atoms with Crippen LogP contribution in [0.1, 0.15) is 31.4 Å². The van der Waals surface area contributed by atoms with Crippen molar-refractivity contribution in [3.63, 3.8) is 0 Å². The molecule has 2 fully saturated rings. The van der Waals surface area contributed by atoms with Crippen LogP contribution in [0.3, 0.4) is 0 Å². The number of pyridine rings is 1. The van der Waals surface area contributed by atoms with Crippen LogP contribution in [0.2, 0.25) is 0 Å². The summed E-state index contributed by atoms with van der Waals surface area (Å²) in [4.78, 5) is 6.68. The molecule has 92 valence electrons. The van der Waals surface area contributed by atoms with Crippen molar-refractivity contribution < 1.29 is 0 Å². The van der Waals surface area contributed by atoms with Crippen LogP contribution in [0.4, 0.5) is 0 Å². The van der Waals surface area contributed by atoms with Crippen LogP contribution in [-0.4, -0.2) is 35.6 Å². The van der Waals surface area contributed by atoms with E-state index in [2.05, 4.69) is 34.3 Å². The molecule has 1 aromatic rings. The zero-order valence-corrected chi connectivity index (χ0v) is 10.5. The van der Waals surface area contributed by atoms with Gasteiger partial charge in [0.05, 0.1) is 0 Å². The average Bonchev–Trinajstić information content (AvgIpc) is 2.77. The van der Waals surface area contributed by atoms with E-state index in [1.54, 1.807) is 0 Å². The third-order valence-corrected chi connectivity index (χ3v) is 4.30. The summed E-state index contributed by atoms with van der Waals surface area (Å²) in [5.74, 6) is 0.869. The number of piperidine rings is 1. The molecule has 0 aromatic carbocycles. The van der Waals surface area contributed by atoms with Crippen molar-refractivity contribution >= 4 is 0 Å². The van der Waals surface area contributed by atoms with Crippen molar-refractivity contribution in [2.45, 2.75) is 31.8 Å². The number of nitrogens with zero attached hydrogens (tertiary/aromatic N) is 2. The van der Waals surface area contributed by atoms with E-state index in [0.717, 1.165) is 5.92 Å². The van der Waals surface area contributed by atoms with Crippen molar-refractivity contribution in [1.29, 1.82) is 0 Å². The fraction of sp³-hybridized carbons (Fsp3) is 0.643. The molecule has 3 rings (SSSR count). The van der Waals surface area contributed by atoms with Crippen LogP contribution in [-0.2, 0) is 0 Å². The van der Waals surface area contributed by atoms with Gasteiger partial charge >= 0.3 is 0 Å². The minimum Gasteiger partial charge on any atom is -0.307 e. The molecule has 4 atom stereocenters. The highest BCUT2D eigenvalue weighted by molar-refractivity contribution is 5.14. The summed E-state index contributed by atoms with van der Waals surface area (Å²) in [6.45, 7) is 6.15. The summed E-state index contributed by atoms with van der Waals surface area (Å²) < 4.78 is 0. The summed E-state index contributed by atoms with van der Waals surface area (Å²) in [6, 6.07) is 5.37. The van der Waals surface area contributed by atoms with Crippen molar-refractivity contribution in [2.75, 3.05) is 19.6 Å².